The molecule has 1 aromatic carbocycles. The summed E-state index contributed by atoms with van der Waals surface area (Å²) in [5.74, 6) is -1.44. The Hall–Kier alpha value is -0.650. The van der Waals surface area contributed by atoms with E-state index in [1.165, 1.54) is 13.8 Å². The Bertz CT molecular complexity index is 750. The molecule has 1 atom stereocenters. The molecule has 0 aliphatic heterocycles. The number of halogens is 4. The third-order valence-electron chi connectivity index (χ3n) is 2.42. The van der Waals surface area contributed by atoms with Crippen LogP contribution in [0.25, 0.3) is 0 Å². The van der Waals surface area contributed by atoms with Crippen molar-refractivity contribution < 1.29 is 43.8 Å². The molecule has 0 saturated heterocycles. The SMILES string of the molecule is COP(=O)(COS(=O)(=O)c1c(F)cccc1SC(F)(F)F)OC(C)C. The largest absolute Gasteiger partial charge is 0.446 e. The topological polar surface area (TPSA) is 78.9 Å². The molecule has 25 heavy (non-hydrogen) atoms. The number of benzene rings is 1. The summed E-state index contributed by atoms with van der Waals surface area (Å²) in [6.07, 6.45) is -1.73. The Morgan fingerprint density at radius 1 is 1.28 bits per heavy atom. The highest BCUT2D eigenvalue weighted by molar-refractivity contribution is 8.00. The third-order valence-corrected chi connectivity index (χ3v) is 6.61. The lowest BCUT2D eigenvalue weighted by Crippen LogP contribution is -2.14. The van der Waals surface area contributed by atoms with Crippen LogP contribution in [0.2, 0.25) is 0 Å². The highest BCUT2D eigenvalue weighted by Gasteiger charge is 2.36. The summed E-state index contributed by atoms with van der Waals surface area (Å²) in [5, 5.41) is 0. The van der Waals surface area contributed by atoms with Gasteiger partial charge in [-0.25, -0.2) is 4.39 Å². The van der Waals surface area contributed by atoms with Gasteiger partial charge in [-0.3, -0.25) is 8.75 Å². The van der Waals surface area contributed by atoms with Crippen LogP contribution in [0, 0.1) is 5.82 Å². The number of alkyl halides is 3. The minimum Gasteiger partial charge on any atom is -0.310 e. The van der Waals surface area contributed by atoms with E-state index >= 15 is 0 Å². The van der Waals surface area contributed by atoms with Crippen molar-refractivity contribution in [1.82, 2.24) is 0 Å². The molecule has 1 unspecified atom stereocenters. The molecule has 1 rings (SSSR count). The second-order valence-electron chi connectivity index (χ2n) is 4.76. The van der Waals surface area contributed by atoms with Gasteiger partial charge in [0.2, 0.25) is 0 Å². The molecule has 0 N–H and O–H groups in total. The number of rotatable bonds is 8. The zero-order chi connectivity index (χ0) is 19.5. The zero-order valence-electron chi connectivity index (χ0n) is 13.2. The van der Waals surface area contributed by atoms with Gasteiger partial charge in [0, 0.05) is 12.0 Å². The minimum absolute atomic E-state index is 0.609. The van der Waals surface area contributed by atoms with Crippen LogP contribution < -0.4 is 0 Å². The van der Waals surface area contributed by atoms with Gasteiger partial charge >= 0.3 is 23.2 Å². The molecular formula is C12H15F4O6PS2. The smallest absolute Gasteiger partial charge is 0.310 e. The molecule has 0 amide bonds. The van der Waals surface area contributed by atoms with E-state index in [-0.39, 0.29) is 0 Å². The lowest BCUT2D eigenvalue weighted by atomic mass is 10.3. The highest BCUT2D eigenvalue weighted by atomic mass is 32.2. The van der Waals surface area contributed by atoms with Crippen molar-refractivity contribution >= 4 is 29.5 Å². The van der Waals surface area contributed by atoms with Gasteiger partial charge in [0.05, 0.1) is 6.10 Å². The predicted octanol–water partition coefficient (Wildman–Crippen LogP) is 4.36. The average Bonchev–Trinajstić information content (AvgIpc) is 2.42. The Labute approximate surface area is 146 Å². The van der Waals surface area contributed by atoms with Gasteiger partial charge in [-0.1, -0.05) is 6.07 Å². The van der Waals surface area contributed by atoms with Crippen molar-refractivity contribution in [3.63, 3.8) is 0 Å². The molecular weight excluding hydrogens is 411 g/mol. The third kappa shape index (κ3) is 6.87. The van der Waals surface area contributed by atoms with E-state index in [2.05, 4.69) is 8.71 Å². The van der Waals surface area contributed by atoms with Crippen LogP contribution in [0.4, 0.5) is 17.6 Å². The second kappa shape index (κ2) is 8.36. The van der Waals surface area contributed by atoms with Crippen molar-refractivity contribution in [2.24, 2.45) is 0 Å². The Kier molecular flexibility index (Phi) is 7.49. The normalized spacial score (nSPS) is 15.4. The summed E-state index contributed by atoms with van der Waals surface area (Å²) in [4.78, 5) is -2.21. The first-order valence-corrected chi connectivity index (χ1v) is 10.5. The van der Waals surface area contributed by atoms with Crippen LogP contribution in [0.15, 0.2) is 28.0 Å². The molecule has 13 heteroatoms. The first-order valence-electron chi connectivity index (χ1n) is 6.56. The number of hydrogen-bond donors (Lipinski definition) is 0. The summed E-state index contributed by atoms with van der Waals surface area (Å²) in [6.45, 7) is 2.99. The van der Waals surface area contributed by atoms with Crippen molar-refractivity contribution in [1.29, 1.82) is 0 Å². The van der Waals surface area contributed by atoms with Gasteiger partial charge in [-0.05, 0) is 37.7 Å². The van der Waals surface area contributed by atoms with Crippen LogP contribution in [0.1, 0.15) is 13.8 Å². The van der Waals surface area contributed by atoms with E-state index in [0.29, 0.717) is 6.07 Å². The predicted molar refractivity (Wildman–Crippen MR) is 82.3 cm³/mol. The van der Waals surface area contributed by atoms with Gasteiger partial charge in [0.15, 0.2) is 6.35 Å². The lowest BCUT2D eigenvalue weighted by Gasteiger charge is -2.19. The van der Waals surface area contributed by atoms with Crippen molar-refractivity contribution in [3.05, 3.63) is 24.0 Å². The van der Waals surface area contributed by atoms with E-state index in [9.17, 15) is 30.5 Å². The fraction of sp³-hybridized carbons (Fsp3) is 0.500. The molecule has 0 fully saturated rings. The first kappa shape index (κ1) is 22.4. The van der Waals surface area contributed by atoms with Crippen molar-refractivity contribution in [2.45, 2.75) is 35.3 Å². The molecule has 0 aliphatic rings. The van der Waals surface area contributed by atoms with Gasteiger partial charge in [0.25, 0.3) is 0 Å². The number of thioether (sulfide) groups is 1. The average molecular weight is 426 g/mol. The molecule has 6 nitrogen and oxygen atoms in total. The van der Waals surface area contributed by atoms with E-state index < -0.39 is 63.0 Å². The fourth-order valence-electron chi connectivity index (χ4n) is 1.58. The first-order chi connectivity index (χ1) is 11.3. The maximum Gasteiger partial charge on any atom is 0.446 e. The van der Waals surface area contributed by atoms with E-state index in [0.717, 1.165) is 19.2 Å². The van der Waals surface area contributed by atoms with Crippen LogP contribution in [0.5, 0.6) is 0 Å². The van der Waals surface area contributed by atoms with Gasteiger partial charge in [0.1, 0.15) is 10.7 Å². The maximum absolute atomic E-state index is 13.9. The molecule has 144 valence electrons. The molecule has 0 aromatic heterocycles. The summed E-state index contributed by atoms with van der Waals surface area (Å²) in [5.41, 5.74) is -4.85. The van der Waals surface area contributed by atoms with E-state index in [4.69, 9.17) is 4.52 Å². The van der Waals surface area contributed by atoms with Gasteiger partial charge in [-0.15, -0.1) is 0 Å². The molecule has 0 bridgehead atoms. The summed E-state index contributed by atoms with van der Waals surface area (Å²) < 4.78 is 102. The van der Waals surface area contributed by atoms with E-state index in [1.807, 2.05) is 0 Å². The molecule has 0 radical (unpaired) electrons. The Morgan fingerprint density at radius 2 is 1.88 bits per heavy atom. The zero-order valence-corrected chi connectivity index (χ0v) is 15.8. The van der Waals surface area contributed by atoms with Crippen LogP contribution in [0.3, 0.4) is 0 Å². The minimum atomic E-state index is -5.00. The second-order valence-corrected chi connectivity index (χ2v) is 9.48. The van der Waals surface area contributed by atoms with Crippen LogP contribution in [-0.4, -0.2) is 33.5 Å². The van der Waals surface area contributed by atoms with Gasteiger partial charge in [-0.2, -0.15) is 21.6 Å². The Balaban J connectivity index is 3.16. The molecule has 0 aliphatic carbocycles. The Morgan fingerprint density at radius 3 is 2.36 bits per heavy atom. The van der Waals surface area contributed by atoms with Crippen molar-refractivity contribution in [3.8, 4) is 0 Å². The molecule has 0 heterocycles. The maximum atomic E-state index is 13.9. The van der Waals surface area contributed by atoms with Crippen LogP contribution in [-0.2, 0) is 27.9 Å². The molecule has 0 spiro atoms. The summed E-state index contributed by atoms with van der Waals surface area (Å²) in [6, 6.07) is 2.36. The van der Waals surface area contributed by atoms with Crippen LogP contribution >= 0.6 is 19.4 Å². The summed E-state index contributed by atoms with van der Waals surface area (Å²) in [7, 11) is -8.02. The quantitative estimate of drug-likeness (QED) is 0.264. The fourth-order valence-corrected chi connectivity index (χ4v) is 5.30. The monoisotopic (exact) mass is 426 g/mol. The van der Waals surface area contributed by atoms with Crippen molar-refractivity contribution in [2.75, 3.05) is 13.5 Å². The molecule has 1 aromatic rings. The highest BCUT2D eigenvalue weighted by Crippen LogP contribution is 2.49. The summed E-state index contributed by atoms with van der Waals surface area (Å²) >= 11 is -0.813. The molecule has 0 saturated carbocycles. The van der Waals surface area contributed by atoms with E-state index in [1.54, 1.807) is 0 Å². The van der Waals surface area contributed by atoms with Gasteiger partial charge < -0.3 is 9.05 Å². The number of hydrogen-bond acceptors (Lipinski definition) is 7. The lowest BCUT2D eigenvalue weighted by molar-refractivity contribution is -0.0329. The standard InChI is InChI=1S/C12H15F4O6PS2/c1-8(2)22-23(17,20-3)7-21-25(18,19)11-9(13)5-4-6-10(11)24-12(14,15)16/h4-6,8H,7H2,1-3H3.